The van der Waals surface area contributed by atoms with E-state index >= 15 is 0 Å². The van der Waals surface area contributed by atoms with Gasteiger partial charge in [0.15, 0.2) is 11.9 Å². The number of ketones is 1. The van der Waals surface area contributed by atoms with Crippen LogP contribution in [0.1, 0.15) is 42.6 Å². The van der Waals surface area contributed by atoms with Gasteiger partial charge in [0, 0.05) is 31.3 Å². The smallest absolute Gasteiger partial charge is 0.321 e. The van der Waals surface area contributed by atoms with Crippen LogP contribution in [-0.2, 0) is 16.0 Å². The molecule has 1 aliphatic rings. The number of carbonyl (C=O) groups is 4. The van der Waals surface area contributed by atoms with Crippen molar-refractivity contribution >= 4 is 29.3 Å². The van der Waals surface area contributed by atoms with Crippen LogP contribution in [0.25, 0.3) is 0 Å². The Labute approximate surface area is 197 Å². The predicted molar refractivity (Wildman–Crippen MR) is 126 cm³/mol. The van der Waals surface area contributed by atoms with E-state index in [4.69, 9.17) is 0 Å². The Morgan fingerprint density at radius 2 is 1.79 bits per heavy atom. The molecule has 0 aromatic heterocycles. The highest BCUT2D eigenvalue weighted by Crippen LogP contribution is 2.21. The Morgan fingerprint density at radius 1 is 1.06 bits per heavy atom. The molecule has 1 heterocycles. The third-order valence-corrected chi connectivity index (χ3v) is 5.67. The van der Waals surface area contributed by atoms with Crippen LogP contribution < -0.4 is 16.0 Å². The van der Waals surface area contributed by atoms with Crippen molar-refractivity contribution in [3.05, 3.63) is 65.5 Å². The van der Waals surface area contributed by atoms with Gasteiger partial charge in [-0.2, -0.15) is 0 Å². The second-order valence-electron chi connectivity index (χ2n) is 8.49. The van der Waals surface area contributed by atoms with Crippen molar-refractivity contribution in [1.82, 2.24) is 15.5 Å². The number of piperidine rings is 1. The molecule has 2 aromatic rings. The third-order valence-electron chi connectivity index (χ3n) is 5.67. The lowest BCUT2D eigenvalue weighted by Crippen LogP contribution is -2.59. The van der Waals surface area contributed by atoms with Crippen molar-refractivity contribution in [3.63, 3.8) is 0 Å². The largest absolute Gasteiger partial charge is 0.339 e. The quantitative estimate of drug-likeness (QED) is 0.429. The number of nitrogens with one attached hydrogen (secondary N) is 3. The summed E-state index contributed by atoms with van der Waals surface area (Å²) in [5, 5.41) is 7.60. The van der Waals surface area contributed by atoms with E-state index in [0.717, 1.165) is 18.4 Å². The van der Waals surface area contributed by atoms with Crippen LogP contribution in [-0.4, -0.2) is 47.8 Å². The van der Waals surface area contributed by atoms with Gasteiger partial charge in [0.1, 0.15) is 5.82 Å². The number of hydrogen-bond acceptors (Lipinski definition) is 4. The molecular formula is C25H29FN4O4. The normalized spacial score (nSPS) is 16.3. The molecule has 0 radical (unpaired) electrons. The number of nitrogens with zero attached hydrogens (tertiary/aromatic N) is 1. The molecule has 1 aliphatic heterocycles. The maximum atomic E-state index is 13.2. The van der Waals surface area contributed by atoms with E-state index in [1.807, 2.05) is 0 Å². The second kappa shape index (κ2) is 11.4. The van der Waals surface area contributed by atoms with Crippen LogP contribution in [0.4, 0.5) is 14.9 Å². The van der Waals surface area contributed by atoms with E-state index in [2.05, 4.69) is 16.0 Å². The summed E-state index contributed by atoms with van der Waals surface area (Å²) in [4.78, 5) is 50.6. The maximum Gasteiger partial charge on any atom is 0.321 e. The fraction of sp³-hybridized carbons (Fsp3) is 0.360. The lowest BCUT2D eigenvalue weighted by Gasteiger charge is -2.35. The van der Waals surface area contributed by atoms with Gasteiger partial charge in [0.05, 0.1) is 0 Å². The highest BCUT2D eigenvalue weighted by Gasteiger charge is 2.30. The fourth-order valence-electron chi connectivity index (χ4n) is 4.05. The van der Waals surface area contributed by atoms with Gasteiger partial charge in [0.2, 0.25) is 5.91 Å². The average Bonchev–Trinajstić information content (AvgIpc) is 2.79. The van der Waals surface area contributed by atoms with Gasteiger partial charge in [-0.05, 0) is 61.9 Å². The molecule has 34 heavy (non-hydrogen) atoms. The van der Waals surface area contributed by atoms with Crippen LogP contribution >= 0.6 is 0 Å². The summed E-state index contributed by atoms with van der Waals surface area (Å²) >= 11 is 0. The molecule has 180 valence electrons. The van der Waals surface area contributed by atoms with Crippen LogP contribution in [0.2, 0.25) is 0 Å². The first-order valence-electron chi connectivity index (χ1n) is 11.2. The number of urea groups is 1. The van der Waals surface area contributed by atoms with Crippen molar-refractivity contribution in [2.45, 2.75) is 39.3 Å². The van der Waals surface area contributed by atoms with Crippen molar-refractivity contribution in [1.29, 1.82) is 0 Å². The number of rotatable bonds is 7. The molecule has 8 nitrogen and oxygen atoms in total. The molecule has 0 unspecified atom stereocenters. The van der Waals surface area contributed by atoms with Crippen LogP contribution in [0.15, 0.2) is 48.5 Å². The van der Waals surface area contributed by atoms with Gasteiger partial charge in [-0.1, -0.05) is 24.3 Å². The molecule has 4 amide bonds. The number of benzene rings is 2. The summed E-state index contributed by atoms with van der Waals surface area (Å²) in [6.07, 6.45) is 1.17. The van der Waals surface area contributed by atoms with Crippen molar-refractivity contribution in [3.8, 4) is 0 Å². The van der Waals surface area contributed by atoms with Gasteiger partial charge >= 0.3 is 6.03 Å². The SMILES string of the molecule is CC(=O)N[C@@H](NC(=O)Nc1cccc(C(C)=O)c1)C(=O)N1CCC[C@@H](Cc2ccc(F)cc2)C1. The summed E-state index contributed by atoms with van der Waals surface area (Å²) in [6, 6.07) is 12.0. The number of amides is 4. The summed E-state index contributed by atoms with van der Waals surface area (Å²) in [6.45, 7) is 3.67. The number of anilines is 1. The maximum absolute atomic E-state index is 13.2. The van der Waals surface area contributed by atoms with Gasteiger partial charge < -0.3 is 20.9 Å². The molecule has 0 saturated carbocycles. The number of hydrogen-bond donors (Lipinski definition) is 3. The molecular weight excluding hydrogens is 439 g/mol. The number of likely N-dealkylation sites (tertiary alicyclic amines) is 1. The zero-order valence-corrected chi connectivity index (χ0v) is 19.3. The molecule has 3 N–H and O–H groups in total. The van der Waals surface area contributed by atoms with E-state index in [1.54, 1.807) is 35.2 Å². The number of Topliss-reactive ketones (excluding diaryl/α,β-unsaturated/α-hetero) is 1. The Kier molecular flexibility index (Phi) is 8.34. The van der Waals surface area contributed by atoms with Crippen LogP contribution in [0.5, 0.6) is 0 Å². The minimum absolute atomic E-state index is 0.143. The molecule has 9 heteroatoms. The summed E-state index contributed by atoms with van der Waals surface area (Å²) < 4.78 is 13.2. The first-order valence-corrected chi connectivity index (χ1v) is 11.2. The average molecular weight is 469 g/mol. The fourth-order valence-corrected chi connectivity index (χ4v) is 4.05. The molecule has 1 saturated heterocycles. The van der Waals surface area contributed by atoms with E-state index in [9.17, 15) is 23.6 Å². The highest BCUT2D eigenvalue weighted by molar-refractivity contribution is 5.98. The van der Waals surface area contributed by atoms with Crippen molar-refractivity contribution in [2.75, 3.05) is 18.4 Å². The van der Waals surface area contributed by atoms with Gasteiger partial charge in [-0.3, -0.25) is 14.4 Å². The van der Waals surface area contributed by atoms with Gasteiger partial charge in [-0.25, -0.2) is 9.18 Å². The highest BCUT2D eigenvalue weighted by atomic mass is 19.1. The van der Waals surface area contributed by atoms with Crippen molar-refractivity contribution in [2.24, 2.45) is 5.92 Å². The van der Waals surface area contributed by atoms with E-state index in [-0.39, 0.29) is 17.5 Å². The third kappa shape index (κ3) is 7.13. The summed E-state index contributed by atoms with van der Waals surface area (Å²) in [7, 11) is 0. The molecule has 0 aliphatic carbocycles. The van der Waals surface area contributed by atoms with E-state index < -0.39 is 24.0 Å². The lowest BCUT2D eigenvalue weighted by atomic mass is 9.91. The number of halogens is 1. The lowest BCUT2D eigenvalue weighted by molar-refractivity contribution is -0.138. The second-order valence-corrected chi connectivity index (χ2v) is 8.49. The predicted octanol–water partition coefficient (Wildman–Crippen LogP) is 3.09. The standard InChI is InChI=1S/C25H29FN4O4/c1-16(31)20-6-3-7-22(14-20)28-25(34)29-23(27-17(2)32)24(33)30-12-4-5-19(15-30)13-18-8-10-21(26)11-9-18/h3,6-11,14,19,23H,4-5,12-13,15H2,1-2H3,(H,27,32)(H2,28,29,34)/t19-,23-/m0/s1. The molecule has 0 bridgehead atoms. The Hall–Kier alpha value is -3.75. The minimum Gasteiger partial charge on any atom is -0.339 e. The number of carbonyl (C=O) groups excluding carboxylic acids is 4. The van der Waals surface area contributed by atoms with Crippen molar-refractivity contribution < 1.29 is 23.6 Å². The monoisotopic (exact) mass is 468 g/mol. The van der Waals surface area contributed by atoms with Crippen LogP contribution in [0, 0.1) is 11.7 Å². The molecule has 1 fully saturated rings. The zero-order valence-electron chi connectivity index (χ0n) is 19.3. The Balaban J connectivity index is 1.64. The molecule has 0 spiro atoms. The van der Waals surface area contributed by atoms with E-state index in [1.165, 1.54) is 32.0 Å². The van der Waals surface area contributed by atoms with E-state index in [0.29, 0.717) is 30.8 Å². The van der Waals surface area contributed by atoms with Gasteiger partial charge in [-0.15, -0.1) is 0 Å². The zero-order chi connectivity index (χ0) is 24.7. The van der Waals surface area contributed by atoms with Gasteiger partial charge in [0.25, 0.3) is 5.91 Å². The Morgan fingerprint density at radius 3 is 2.47 bits per heavy atom. The summed E-state index contributed by atoms with van der Waals surface area (Å²) in [5.74, 6) is -1.12. The molecule has 3 rings (SSSR count). The first kappa shape index (κ1) is 24.9. The first-order chi connectivity index (χ1) is 16.2. The Bertz CT molecular complexity index is 1060. The topological polar surface area (TPSA) is 108 Å². The molecule has 2 atom stereocenters. The minimum atomic E-state index is -1.24. The summed E-state index contributed by atoms with van der Waals surface area (Å²) in [5.41, 5.74) is 1.81. The molecule has 2 aromatic carbocycles. The van der Waals surface area contributed by atoms with Crippen LogP contribution in [0.3, 0.4) is 0 Å².